The normalized spacial score (nSPS) is 14.1. The first kappa shape index (κ1) is 18.4. The third kappa shape index (κ3) is 3.52. The van der Waals surface area contributed by atoms with Crippen LogP contribution in [0.1, 0.15) is 19.3 Å². The summed E-state index contributed by atoms with van der Waals surface area (Å²) in [6, 6.07) is 7.87. The van der Waals surface area contributed by atoms with E-state index in [4.69, 9.17) is 9.72 Å². The SMILES string of the molecule is COc1ccccc1-c1cncc2cnc(Nc3cnn(N4CCCCC4)c3)nc12. The molecule has 1 aliphatic rings. The molecule has 1 N–H and O–H groups in total. The molecule has 0 unspecified atom stereocenters. The fourth-order valence-electron chi connectivity index (χ4n) is 3.82. The Labute approximate surface area is 174 Å². The van der Waals surface area contributed by atoms with Crippen molar-refractivity contribution in [3.8, 4) is 16.9 Å². The molecule has 0 amide bonds. The number of hydrogen-bond acceptors (Lipinski definition) is 7. The van der Waals surface area contributed by atoms with Gasteiger partial charge >= 0.3 is 0 Å². The van der Waals surface area contributed by atoms with Crippen LogP contribution >= 0.6 is 0 Å². The number of benzene rings is 1. The van der Waals surface area contributed by atoms with Gasteiger partial charge in [0.15, 0.2) is 0 Å². The molecular formula is C22H23N7O. The number of nitrogens with zero attached hydrogens (tertiary/aromatic N) is 6. The smallest absolute Gasteiger partial charge is 0.227 e. The van der Waals surface area contributed by atoms with Crippen molar-refractivity contribution < 1.29 is 4.74 Å². The Balaban J connectivity index is 1.47. The number of hydrogen-bond donors (Lipinski definition) is 1. The molecule has 8 nitrogen and oxygen atoms in total. The summed E-state index contributed by atoms with van der Waals surface area (Å²) in [7, 11) is 1.67. The molecule has 1 aliphatic heterocycles. The first-order valence-electron chi connectivity index (χ1n) is 10.1. The summed E-state index contributed by atoms with van der Waals surface area (Å²) in [4.78, 5) is 15.5. The minimum atomic E-state index is 0.517. The summed E-state index contributed by atoms with van der Waals surface area (Å²) in [5, 5.41) is 10.9. The van der Waals surface area contributed by atoms with Crippen molar-refractivity contribution in [2.45, 2.75) is 19.3 Å². The van der Waals surface area contributed by atoms with E-state index in [1.54, 1.807) is 25.7 Å². The second-order valence-electron chi connectivity index (χ2n) is 7.31. The van der Waals surface area contributed by atoms with Gasteiger partial charge in [-0.25, -0.2) is 9.97 Å². The number of para-hydroxylation sites is 1. The van der Waals surface area contributed by atoms with E-state index in [1.165, 1.54) is 19.3 Å². The van der Waals surface area contributed by atoms with Gasteiger partial charge in [0.25, 0.3) is 0 Å². The van der Waals surface area contributed by atoms with Gasteiger partial charge < -0.3 is 10.1 Å². The Bertz CT molecular complexity index is 1170. The van der Waals surface area contributed by atoms with Gasteiger partial charge in [0.2, 0.25) is 5.95 Å². The van der Waals surface area contributed by atoms with Gasteiger partial charge in [0.1, 0.15) is 5.75 Å². The molecule has 0 spiro atoms. The van der Waals surface area contributed by atoms with E-state index in [0.29, 0.717) is 5.95 Å². The summed E-state index contributed by atoms with van der Waals surface area (Å²) in [6.07, 6.45) is 12.8. The van der Waals surface area contributed by atoms with Gasteiger partial charge in [-0.1, -0.05) is 18.2 Å². The number of pyridine rings is 1. The molecule has 152 valence electrons. The lowest BCUT2D eigenvalue weighted by atomic mass is 10.0. The molecule has 4 aromatic rings. The van der Waals surface area contributed by atoms with E-state index in [1.807, 2.05) is 41.4 Å². The summed E-state index contributed by atoms with van der Waals surface area (Å²) >= 11 is 0. The predicted molar refractivity (Wildman–Crippen MR) is 117 cm³/mol. The summed E-state index contributed by atoms with van der Waals surface area (Å²) in [5.41, 5.74) is 3.52. The highest BCUT2D eigenvalue weighted by Gasteiger charge is 2.14. The molecule has 8 heteroatoms. The number of fused-ring (bicyclic) bond motifs is 1. The van der Waals surface area contributed by atoms with Crippen LogP contribution < -0.4 is 15.1 Å². The van der Waals surface area contributed by atoms with Crippen molar-refractivity contribution in [3.63, 3.8) is 0 Å². The molecular weight excluding hydrogens is 378 g/mol. The minimum Gasteiger partial charge on any atom is -0.496 e. The highest BCUT2D eigenvalue weighted by Crippen LogP contribution is 2.33. The van der Waals surface area contributed by atoms with Gasteiger partial charge in [-0.2, -0.15) is 9.89 Å². The van der Waals surface area contributed by atoms with Crippen LogP contribution in [0.25, 0.3) is 22.0 Å². The lowest BCUT2D eigenvalue weighted by Crippen LogP contribution is -2.39. The topological polar surface area (TPSA) is 81.0 Å². The number of anilines is 2. The molecule has 4 heterocycles. The van der Waals surface area contributed by atoms with Crippen molar-refractivity contribution >= 4 is 22.5 Å². The average molecular weight is 401 g/mol. The molecule has 1 aromatic carbocycles. The van der Waals surface area contributed by atoms with Crippen molar-refractivity contribution in [2.24, 2.45) is 0 Å². The fraction of sp³-hybridized carbons (Fsp3) is 0.273. The largest absolute Gasteiger partial charge is 0.496 e. The third-order valence-corrected chi connectivity index (χ3v) is 5.33. The van der Waals surface area contributed by atoms with E-state index < -0.39 is 0 Å². The highest BCUT2D eigenvalue weighted by molar-refractivity contribution is 5.94. The van der Waals surface area contributed by atoms with E-state index in [9.17, 15) is 0 Å². The van der Waals surface area contributed by atoms with Crippen LogP contribution in [0, 0.1) is 0 Å². The third-order valence-electron chi connectivity index (χ3n) is 5.33. The van der Waals surface area contributed by atoms with Crippen molar-refractivity contribution in [2.75, 3.05) is 30.5 Å². The summed E-state index contributed by atoms with van der Waals surface area (Å²) in [6.45, 7) is 2.06. The molecule has 1 fully saturated rings. The van der Waals surface area contributed by atoms with E-state index >= 15 is 0 Å². The number of methoxy groups -OCH3 is 1. The molecule has 3 aromatic heterocycles. The maximum absolute atomic E-state index is 5.53. The van der Waals surface area contributed by atoms with Crippen LogP contribution in [-0.4, -0.2) is 45.0 Å². The number of ether oxygens (including phenoxy) is 1. The number of aromatic nitrogens is 5. The van der Waals surface area contributed by atoms with Crippen LogP contribution in [0.3, 0.4) is 0 Å². The lowest BCUT2D eigenvalue weighted by Gasteiger charge is -2.27. The molecule has 0 radical (unpaired) electrons. The Kier molecular flexibility index (Phi) is 4.88. The van der Waals surface area contributed by atoms with Gasteiger partial charge in [0.05, 0.1) is 30.7 Å². The minimum absolute atomic E-state index is 0.517. The molecule has 0 bridgehead atoms. The Morgan fingerprint density at radius 3 is 2.70 bits per heavy atom. The first-order chi connectivity index (χ1) is 14.8. The van der Waals surface area contributed by atoms with E-state index in [-0.39, 0.29) is 0 Å². The maximum atomic E-state index is 5.53. The number of nitrogens with one attached hydrogen (secondary N) is 1. The molecule has 5 rings (SSSR count). The zero-order chi connectivity index (χ0) is 20.3. The van der Waals surface area contributed by atoms with Crippen LogP contribution in [0.15, 0.2) is 55.2 Å². The molecule has 30 heavy (non-hydrogen) atoms. The van der Waals surface area contributed by atoms with Gasteiger partial charge in [0, 0.05) is 48.2 Å². The van der Waals surface area contributed by atoms with Crippen LogP contribution in [-0.2, 0) is 0 Å². The molecule has 0 saturated carbocycles. The quantitative estimate of drug-likeness (QED) is 0.545. The summed E-state index contributed by atoms with van der Waals surface area (Å²) in [5.74, 6) is 1.30. The standard InChI is InChI=1S/C22H23N7O/c1-30-20-8-4-3-7-18(20)19-14-23-11-16-12-24-22(27-21(16)19)26-17-13-25-29(15-17)28-9-5-2-6-10-28/h3-4,7-8,11-15H,2,5-6,9-10H2,1H3,(H,24,26,27). The molecule has 1 saturated heterocycles. The van der Waals surface area contributed by atoms with Gasteiger partial charge in [-0.05, 0) is 25.3 Å². The maximum Gasteiger partial charge on any atom is 0.227 e. The van der Waals surface area contributed by atoms with Crippen LogP contribution in [0.5, 0.6) is 5.75 Å². The van der Waals surface area contributed by atoms with Crippen molar-refractivity contribution in [3.05, 3.63) is 55.2 Å². The number of piperidine rings is 1. The Morgan fingerprint density at radius 2 is 1.83 bits per heavy atom. The van der Waals surface area contributed by atoms with E-state index in [0.717, 1.165) is 46.6 Å². The second-order valence-corrected chi connectivity index (χ2v) is 7.31. The van der Waals surface area contributed by atoms with Crippen molar-refractivity contribution in [1.29, 1.82) is 0 Å². The second kappa shape index (κ2) is 7.98. The fourth-order valence-corrected chi connectivity index (χ4v) is 3.82. The van der Waals surface area contributed by atoms with E-state index in [2.05, 4.69) is 25.4 Å². The first-order valence-corrected chi connectivity index (χ1v) is 10.1. The average Bonchev–Trinajstić information content (AvgIpc) is 3.28. The Morgan fingerprint density at radius 1 is 0.967 bits per heavy atom. The zero-order valence-corrected chi connectivity index (χ0v) is 16.8. The predicted octanol–water partition coefficient (Wildman–Crippen LogP) is 3.76. The lowest BCUT2D eigenvalue weighted by molar-refractivity contribution is 0.416. The monoisotopic (exact) mass is 401 g/mol. The van der Waals surface area contributed by atoms with Crippen molar-refractivity contribution in [1.82, 2.24) is 24.8 Å². The zero-order valence-electron chi connectivity index (χ0n) is 16.8. The van der Waals surface area contributed by atoms with Gasteiger partial charge in [-0.15, -0.1) is 0 Å². The molecule has 0 atom stereocenters. The number of rotatable bonds is 5. The Hall–Kier alpha value is -3.68. The van der Waals surface area contributed by atoms with Crippen LogP contribution in [0.4, 0.5) is 11.6 Å². The van der Waals surface area contributed by atoms with Crippen LogP contribution in [0.2, 0.25) is 0 Å². The van der Waals surface area contributed by atoms with Gasteiger partial charge in [-0.3, -0.25) is 9.99 Å². The highest BCUT2D eigenvalue weighted by atomic mass is 16.5. The summed E-state index contributed by atoms with van der Waals surface area (Å²) < 4.78 is 5.53. The molecule has 0 aliphatic carbocycles.